The number of amides is 2. The number of fused-ring (bicyclic) bond motifs is 3. The molecule has 0 radical (unpaired) electrons. The molecule has 9 nitrogen and oxygen atoms in total. The number of carbonyl (C=O) groups excluding carboxylic acids is 4. The highest BCUT2D eigenvalue weighted by Crippen LogP contribution is 2.44. The van der Waals surface area contributed by atoms with Gasteiger partial charge >= 0.3 is 18.0 Å². The smallest absolute Gasteiger partial charge is 0.407 e. The molecule has 2 amide bonds. The lowest BCUT2D eigenvalue weighted by Crippen LogP contribution is -2.48. The fraction of sp³-hybridized carbons (Fsp3) is 0.467. The number of benzene rings is 2. The highest BCUT2D eigenvalue weighted by Gasteiger charge is 2.30. The number of ether oxygens (including phenoxy) is 3. The molecular formula is C30H38N2O7. The molecule has 0 saturated carbocycles. The molecule has 0 spiro atoms. The van der Waals surface area contributed by atoms with E-state index in [0.717, 1.165) is 35.1 Å². The van der Waals surface area contributed by atoms with E-state index in [1.165, 1.54) is 0 Å². The summed E-state index contributed by atoms with van der Waals surface area (Å²) in [5, 5.41) is 5.02. The second-order valence-corrected chi connectivity index (χ2v) is 10.4. The maximum absolute atomic E-state index is 12.9. The number of hydrogen-bond donors (Lipinski definition) is 2. The highest BCUT2D eigenvalue weighted by molar-refractivity contribution is 5.88. The third kappa shape index (κ3) is 8.84. The van der Waals surface area contributed by atoms with Gasteiger partial charge in [-0.3, -0.25) is 14.4 Å². The van der Waals surface area contributed by atoms with Crippen LogP contribution in [0.25, 0.3) is 11.1 Å². The third-order valence-electron chi connectivity index (χ3n) is 6.18. The summed E-state index contributed by atoms with van der Waals surface area (Å²) in [5.74, 6) is -1.85. The molecule has 39 heavy (non-hydrogen) atoms. The van der Waals surface area contributed by atoms with Gasteiger partial charge in [-0.2, -0.15) is 0 Å². The van der Waals surface area contributed by atoms with Crippen molar-refractivity contribution in [3.63, 3.8) is 0 Å². The molecular weight excluding hydrogens is 500 g/mol. The summed E-state index contributed by atoms with van der Waals surface area (Å²) < 4.78 is 15.9. The number of unbranched alkanes of at least 4 members (excludes halogenated alkanes) is 1. The molecule has 0 fully saturated rings. The molecule has 0 aliphatic heterocycles. The second-order valence-electron chi connectivity index (χ2n) is 10.4. The van der Waals surface area contributed by atoms with Gasteiger partial charge in [0.1, 0.15) is 24.8 Å². The predicted molar refractivity (Wildman–Crippen MR) is 146 cm³/mol. The number of esters is 2. The molecule has 0 saturated heterocycles. The number of nitrogens with one attached hydrogen (secondary N) is 2. The lowest BCUT2D eigenvalue weighted by Gasteiger charge is -2.22. The van der Waals surface area contributed by atoms with Crippen molar-refractivity contribution < 1.29 is 33.4 Å². The molecule has 210 valence electrons. The molecule has 2 aromatic rings. The maximum atomic E-state index is 12.9. The topological polar surface area (TPSA) is 120 Å². The minimum Gasteiger partial charge on any atom is -0.464 e. The van der Waals surface area contributed by atoms with Gasteiger partial charge in [-0.05, 0) is 55.9 Å². The zero-order valence-electron chi connectivity index (χ0n) is 23.1. The standard InChI is InChI=1S/C30H38N2O7/c1-5-6-17-37-27(34)18-31-28(35)25(15-16-26(33)39-30(2,3)4)32-29(36)38-19-24-22-13-9-7-11-20(22)21-12-8-10-14-23(21)24/h7-14,24-25H,5-6,15-19H2,1-4H3,(H,31,35)(H,32,36). The Morgan fingerprint density at radius 3 is 2.10 bits per heavy atom. The Hall–Kier alpha value is -3.88. The SMILES string of the molecule is CCCCOC(=O)CNC(=O)C(CCC(=O)OC(C)(C)C)NC(=O)OCC1c2ccccc2-c2ccccc21. The van der Waals surface area contributed by atoms with Crippen LogP contribution < -0.4 is 10.6 Å². The zero-order chi connectivity index (χ0) is 28.4. The summed E-state index contributed by atoms with van der Waals surface area (Å²) in [6, 6.07) is 14.8. The number of carbonyl (C=O) groups is 4. The van der Waals surface area contributed by atoms with Crippen LogP contribution in [0.3, 0.4) is 0 Å². The van der Waals surface area contributed by atoms with Crippen LogP contribution in [0.15, 0.2) is 48.5 Å². The first-order chi connectivity index (χ1) is 18.6. The monoisotopic (exact) mass is 538 g/mol. The predicted octanol–water partition coefficient (Wildman–Crippen LogP) is 4.48. The van der Waals surface area contributed by atoms with Crippen LogP contribution in [-0.4, -0.2) is 55.3 Å². The molecule has 2 aromatic carbocycles. The Bertz CT molecular complexity index is 1130. The Labute approximate surface area is 229 Å². The first-order valence-electron chi connectivity index (χ1n) is 13.4. The first kappa shape index (κ1) is 29.7. The second kappa shape index (κ2) is 13.8. The third-order valence-corrected chi connectivity index (χ3v) is 6.18. The summed E-state index contributed by atoms with van der Waals surface area (Å²) in [6.45, 7) is 7.20. The van der Waals surface area contributed by atoms with Crippen molar-refractivity contribution in [2.24, 2.45) is 0 Å². The highest BCUT2D eigenvalue weighted by atomic mass is 16.6. The molecule has 0 heterocycles. The van der Waals surface area contributed by atoms with Gasteiger partial charge in [0.25, 0.3) is 0 Å². The largest absolute Gasteiger partial charge is 0.464 e. The van der Waals surface area contributed by atoms with Gasteiger partial charge in [0, 0.05) is 12.3 Å². The molecule has 1 aliphatic carbocycles. The molecule has 0 bridgehead atoms. The van der Waals surface area contributed by atoms with Crippen LogP contribution in [-0.2, 0) is 28.6 Å². The van der Waals surface area contributed by atoms with Crippen LogP contribution >= 0.6 is 0 Å². The number of alkyl carbamates (subject to hydrolysis) is 1. The summed E-state index contributed by atoms with van der Waals surface area (Å²) in [5.41, 5.74) is 3.64. The summed E-state index contributed by atoms with van der Waals surface area (Å²) in [4.78, 5) is 49.8. The van der Waals surface area contributed by atoms with E-state index in [4.69, 9.17) is 14.2 Å². The molecule has 0 aromatic heterocycles. The summed E-state index contributed by atoms with van der Waals surface area (Å²) >= 11 is 0. The Kier molecular flexibility index (Phi) is 10.5. The Balaban J connectivity index is 1.61. The van der Waals surface area contributed by atoms with Crippen molar-refractivity contribution in [1.29, 1.82) is 0 Å². The van der Waals surface area contributed by atoms with E-state index >= 15 is 0 Å². The lowest BCUT2D eigenvalue weighted by atomic mass is 9.98. The fourth-order valence-electron chi connectivity index (χ4n) is 4.37. The van der Waals surface area contributed by atoms with Crippen molar-refractivity contribution in [1.82, 2.24) is 10.6 Å². The van der Waals surface area contributed by atoms with Crippen LogP contribution in [0.5, 0.6) is 0 Å². The van der Waals surface area contributed by atoms with Crippen molar-refractivity contribution in [2.45, 2.75) is 70.9 Å². The Morgan fingerprint density at radius 1 is 0.897 bits per heavy atom. The molecule has 2 N–H and O–H groups in total. The van der Waals surface area contributed by atoms with Gasteiger partial charge in [-0.15, -0.1) is 0 Å². The average Bonchev–Trinajstić information content (AvgIpc) is 3.21. The van der Waals surface area contributed by atoms with Gasteiger partial charge in [-0.1, -0.05) is 61.9 Å². The van der Waals surface area contributed by atoms with E-state index in [1.54, 1.807) is 20.8 Å². The quantitative estimate of drug-likeness (QED) is 0.232. The van der Waals surface area contributed by atoms with Crippen LogP contribution in [0.2, 0.25) is 0 Å². The van der Waals surface area contributed by atoms with Crippen molar-refractivity contribution in [2.75, 3.05) is 19.8 Å². The molecule has 1 unspecified atom stereocenters. The minimum atomic E-state index is -1.11. The molecule has 1 aliphatic rings. The summed E-state index contributed by atoms with van der Waals surface area (Å²) in [7, 11) is 0. The van der Waals surface area contributed by atoms with E-state index in [2.05, 4.69) is 10.6 Å². The van der Waals surface area contributed by atoms with Gasteiger partial charge in [-0.25, -0.2) is 4.79 Å². The lowest BCUT2D eigenvalue weighted by molar-refractivity contribution is -0.155. The Morgan fingerprint density at radius 2 is 1.51 bits per heavy atom. The van der Waals surface area contributed by atoms with Gasteiger partial charge < -0.3 is 24.8 Å². The van der Waals surface area contributed by atoms with Crippen molar-refractivity contribution in [3.05, 3.63) is 59.7 Å². The zero-order valence-corrected chi connectivity index (χ0v) is 23.1. The number of hydrogen-bond acceptors (Lipinski definition) is 7. The van der Waals surface area contributed by atoms with Crippen LogP contribution in [0, 0.1) is 0 Å². The van der Waals surface area contributed by atoms with Crippen LogP contribution in [0.1, 0.15) is 70.4 Å². The van der Waals surface area contributed by atoms with E-state index in [1.807, 2.05) is 55.5 Å². The van der Waals surface area contributed by atoms with Crippen molar-refractivity contribution in [3.8, 4) is 11.1 Å². The van der Waals surface area contributed by atoms with E-state index in [0.29, 0.717) is 0 Å². The van der Waals surface area contributed by atoms with Crippen molar-refractivity contribution >= 4 is 23.9 Å². The fourth-order valence-corrected chi connectivity index (χ4v) is 4.37. The summed E-state index contributed by atoms with van der Waals surface area (Å²) in [6.07, 6.45) is 0.653. The van der Waals surface area contributed by atoms with Crippen LogP contribution in [0.4, 0.5) is 4.79 Å². The van der Waals surface area contributed by atoms with Gasteiger partial charge in [0.15, 0.2) is 0 Å². The molecule has 3 rings (SSSR count). The maximum Gasteiger partial charge on any atom is 0.407 e. The average molecular weight is 539 g/mol. The minimum absolute atomic E-state index is 0.0319. The van der Waals surface area contributed by atoms with E-state index in [-0.39, 0.29) is 38.5 Å². The van der Waals surface area contributed by atoms with E-state index < -0.39 is 35.6 Å². The first-order valence-corrected chi connectivity index (χ1v) is 13.4. The molecule has 9 heteroatoms. The normalized spacial score (nSPS) is 13.0. The van der Waals surface area contributed by atoms with E-state index in [9.17, 15) is 19.2 Å². The van der Waals surface area contributed by atoms with Gasteiger partial charge in [0.05, 0.1) is 6.61 Å². The molecule has 1 atom stereocenters. The number of rotatable bonds is 12. The van der Waals surface area contributed by atoms with Gasteiger partial charge in [0.2, 0.25) is 5.91 Å².